The van der Waals surface area contributed by atoms with Crippen molar-refractivity contribution in [2.45, 2.75) is 64.8 Å². The van der Waals surface area contributed by atoms with Gasteiger partial charge in [0.15, 0.2) is 0 Å². The number of benzene rings is 1. The van der Waals surface area contributed by atoms with E-state index in [1.54, 1.807) is 26.0 Å². The Bertz CT molecular complexity index is 1410. The van der Waals surface area contributed by atoms with Gasteiger partial charge in [0.05, 0.1) is 30.5 Å². The van der Waals surface area contributed by atoms with E-state index in [9.17, 15) is 29.4 Å². The van der Waals surface area contributed by atoms with Crippen LogP contribution >= 0.6 is 0 Å². The maximum Gasteiger partial charge on any atom is 0.318 e. The van der Waals surface area contributed by atoms with Gasteiger partial charge in [-0.2, -0.15) is 0 Å². The van der Waals surface area contributed by atoms with Crippen LogP contribution in [0.3, 0.4) is 0 Å². The van der Waals surface area contributed by atoms with Crippen LogP contribution in [-0.4, -0.2) is 88.6 Å². The van der Waals surface area contributed by atoms with Gasteiger partial charge in [-0.3, -0.25) is 29.2 Å². The van der Waals surface area contributed by atoms with Crippen molar-refractivity contribution in [3.05, 3.63) is 47.7 Å². The Hall–Kier alpha value is -3.91. The monoisotopic (exact) mass is 611 g/mol. The fourth-order valence-electron chi connectivity index (χ4n) is 5.01. The lowest BCUT2D eigenvalue weighted by Crippen LogP contribution is -2.61. The molecule has 3 unspecified atom stereocenters. The Morgan fingerprint density at radius 3 is 2.48 bits per heavy atom. The molecule has 13 heteroatoms. The largest absolute Gasteiger partial charge is 0.480 e. The van der Waals surface area contributed by atoms with E-state index in [2.05, 4.69) is 16.1 Å². The second-order valence-corrected chi connectivity index (χ2v) is 11.8. The summed E-state index contributed by atoms with van der Waals surface area (Å²) in [7, 11) is 0. The molecule has 1 aromatic carbocycles. The number of carbonyl (C=O) groups excluding carboxylic acids is 3. The van der Waals surface area contributed by atoms with E-state index in [1.807, 2.05) is 37.3 Å². The first-order chi connectivity index (χ1) is 20.9. The van der Waals surface area contributed by atoms with E-state index in [0.717, 1.165) is 10.9 Å². The van der Waals surface area contributed by atoms with E-state index >= 15 is 0 Å². The highest BCUT2D eigenvalue weighted by molar-refractivity contribution is 5.90. The first-order valence-electron chi connectivity index (χ1n) is 14.8. The minimum absolute atomic E-state index is 0.0197. The second-order valence-electron chi connectivity index (χ2n) is 11.8. The summed E-state index contributed by atoms with van der Waals surface area (Å²) in [6.07, 6.45) is 3.18. The van der Waals surface area contributed by atoms with Crippen LogP contribution in [0, 0.1) is 11.3 Å². The van der Waals surface area contributed by atoms with Crippen LogP contribution in [0.2, 0.25) is 0 Å². The molecule has 3 amide bonds. The van der Waals surface area contributed by atoms with Crippen molar-refractivity contribution < 1.29 is 38.9 Å². The molecule has 1 aromatic heterocycles. The lowest BCUT2D eigenvalue weighted by molar-refractivity contribution is -0.180. The molecular formula is C31H41N5O8. The second kappa shape index (κ2) is 14.2. The number of pyridine rings is 1. The number of aromatic nitrogens is 1. The van der Waals surface area contributed by atoms with Gasteiger partial charge in [0.2, 0.25) is 11.8 Å². The van der Waals surface area contributed by atoms with Crippen LogP contribution in [0.4, 0.5) is 0 Å². The predicted molar refractivity (Wildman–Crippen MR) is 160 cm³/mol. The standard InChI is InChI=1S/C31H41N5O8/c1-18(2)26(37)28(39)33-20(4)29(40)36-13-5-6-24(35-36)27(38)32-19(3)23-10-9-22-8-7-21(14-25(22)34-23)11-12-31(30(41)42)15-43-17-44-16-31/h7-12,14,18-20,24,26,35,37H,5-6,13,15-17H2,1-4H3,(H,32,38)(H,33,39)(H,41,42)/t19-,20?,24?,26?/m1/s1. The maximum atomic E-state index is 13.2. The highest BCUT2D eigenvalue weighted by Crippen LogP contribution is 2.27. The van der Waals surface area contributed by atoms with E-state index in [-0.39, 0.29) is 31.8 Å². The summed E-state index contributed by atoms with van der Waals surface area (Å²) in [5.41, 5.74) is 3.77. The summed E-state index contributed by atoms with van der Waals surface area (Å²) >= 11 is 0. The molecule has 5 N–H and O–H groups in total. The molecule has 0 bridgehead atoms. The molecule has 4 rings (SSSR count). The Labute approximate surface area is 256 Å². The smallest absolute Gasteiger partial charge is 0.318 e. The highest BCUT2D eigenvalue weighted by atomic mass is 16.7. The normalized spacial score (nSPS) is 20.7. The summed E-state index contributed by atoms with van der Waals surface area (Å²) in [5.74, 6) is -2.64. The molecule has 44 heavy (non-hydrogen) atoms. The molecule has 2 fully saturated rings. The van der Waals surface area contributed by atoms with Gasteiger partial charge in [0.1, 0.15) is 30.4 Å². The molecule has 0 saturated carbocycles. The quantitative estimate of drug-likeness (QED) is 0.264. The number of hydrogen-bond acceptors (Lipinski definition) is 9. The zero-order valence-corrected chi connectivity index (χ0v) is 25.4. The third kappa shape index (κ3) is 7.78. The van der Waals surface area contributed by atoms with Crippen LogP contribution in [0.15, 0.2) is 36.4 Å². The van der Waals surface area contributed by atoms with Gasteiger partial charge >= 0.3 is 5.97 Å². The lowest BCUT2D eigenvalue weighted by Gasteiger charge is -2.35. The van der Waals surface area contributed by atoms with E-state index in [1.165, 1.54) is 11.9 Å². The fraction of sp³-hybridized carbons (Fsp3) is 0.516. The molecule has 2 aromatic rings. The number of fused-ring (bicyclic) bond motifs is 1. The summed E-state index contributed by atoms with van der Waals surface area (Å²) in [6.45, 7) is 7.25. The Morgan fingerprint density at radius 1 is 1.09 bits per heavy atom. The van der Waals surface area contributed by atoms with Gasteiger partial charge in [0, 0.05) is 11.9 Å². The lowest BCUT2D eigenvalue weighted by atomic mass is 9.88. The first kappa shape index (κ1) is 33.0. The average molecular weight is 612 g/mol. The van der Waals surface area contributed by atoms with Gasteiger partial charge in [-0.05, 0) is 50.3 Å². The molecule has 2 aliphatic rings. The van der Waals surface area contributed by atoms with Crippen LogP contribution in [0.25, 0.3) is 17.0 Å². The molecular weight excluding hydrogens is 570 g/mol. The van der Waals surface area contributed by atoms with Gasteiger partial charge in [-0.25, -0.2) is 5.43 Å². The number of rotatable bonds is 10. The first-order valence-corrected chi connectivity index (χ1v) is 14.8. The molecule has 0 aliphatic carbocycles. The van der Waals surface area contributed by atoms with E-state index in [4.69, 9.17) is 14.5 Å². The molecule has 2 aliphatic heterocycles. The van der Waals surface area contributed by atoms with Crippen molar-refractivity contribution in [1.29, 1.82) is 0 Å². The summed E-state index contributed by atoms with van der Waals surface area (Å²) < 4.78 is 10.5. The number of hydrazine groups is 1. The van der Waals surface area contributed by atoms with Crippen LogP contribution in [0.1, 0.15) is 57.8 Å². The van der Waals surface area contributed by atoms with Crippen molar-refractivity contribution in [1.82, 2.24) is 26.1 Å². The number of ether oxygens (including phenoxy) is 2. The van der Waals surface area contributed by atoms with Gasteiger partial charge < -0.3 is 30.3 Å². The summed E-state index contributed by atoms with van der Waals surface area (Å²) in [4.78, 5) is 55.0. The van der Waals surface area contributed by atoms with Crippen molar-refractivity contribution in [2.24, 2.45) is 11.3 Å². The Balaban J connectivity index is 1.39. The zero-order chi connectivity index (χ0) is 32.0. The highest BCUT2D eigenvalue weighted by Gasteiger charge is 2.39. The fourth-order valence-corrected chi connectivity index (χ4v) is 5.01. The minimum Gasteiger partial charge on any atom is -0.480 e. The Kier molecular flexibility index (Phi) is 10.7. The number of aliphatic hydroxyl groups excluding tert-OH is 1. The minimum atomic E-state index is -1.27. The molecule has 0 radical (unpaired) electrons. The Morgan fingerprint density at radius 2 is 1.80 bits per heavy atom. The number of carboxylic acid groups (broad SMARTS) is 1. The average Bonchev–Trinajstić information content (AvgIpc) is 3.02. The molecule has 0 spiro atoms. The maximum absolute atomic E-state index is 13.2. The van der Waals surface area contributed by atoms with Crippen molar-refractivity contribution in [3.8, 4) is 0 Å². The molecule has 4 atom stereocenters. The van der Waals surface area contributed by atoms with Crippen LogP contribution in [0.5, 0.6) is 0 Å². The number of carboxylic acids is 1. The summed E-state index contributed by atoms with van der Waals surface area (Å²) in [5, 5.41) is 27.4. The van der Waals surface area contributed by atoms with Gasteiger partial charge in [-0.1, -0.05) is 44.2 Å². The van der Waals surface area contributed by atoms with E-state index in [0.29, 0.717) is 30.6 Å². The predicted octanol–water partition coefficient (Wildman–Crippen LogP) is 1.52. The summed E-state index contributed by atoms with van der Waals surface area (Å²) in [6, 6.07) is 7.35. The molecule has 2 saturated heterocycles. The third-order valence-electron chi connectivity index (χ3n) is 7.84. The number of nitrogens with one attached hydrogen (secondary N) is 3. The molecule has 238 valence electrons. The number of amides is 3. The topological polar surface area (TPSA) is 179 Å². The number of aliphatic carboxylic acids is 1. The number of aliphatic hydroxyl groups is 1. The van der Waals surface area contributed by atoms with Crippen molar-refractivity contribution in [3.63, 3.8) is 0 Å². The van der Waals surface area contributed by atoms with Crippen LogP contribution < -0.4 is 16.1 Å². The zero-order valence-electron chi connectivity index (χ0n) is 25.4. The SMILES string of the molecule is CC(NC(=O)C(O)C(C)C)C(=O)N1CCCC(C(=O)N[C@H](C)c2ccc3ccc(C=CC4(C(=O)O)COCOC4)cc3n2)N1. The van der Waals surface area contributed by atoms with Gasteiger partial charge in [0.25, 0.3) is 5.91 Å². The third-order valence-corrected chi connectivity index (χ3v) is 7.84. The number of hydrogen-bond donors (Lipinski definition) is 5. The number of carbonyl (C=O) groups is 4. The van der Waals surface area contributed by atoms with Crippen LogP contribution in [-0.2, 0) is 28.7 Å². The van der Waals surface area contributed by atoms with Crippen molar-refractivity contribution in [2.75, 3.05) is 26.6 Å². The van der Waals surface area contributed by atoms with Crippen molar-refractivity contribution >= 4 is 40.7 Å². The molecule has 13 nitrogen and oxygen atoms in total. The number of nitrogens with zero attached hydrogens (tertiary/aromatic N) is 2. The van der Waals surface area contributed by atoms with E-state index < -0.39 is 47.4 Å². The van der Waals surface area contributed by atoms with Gasteiger partial charge in [-0.15, -0.1) is 0 Å². The molecule has 3 heterocycles.